The normalized spacial score (nSPS) is 34.4. The van der Waals surface area contributed by atoms with Crippen LogP contribution in [0.3, 0.4) is 0 Å². The smallest absolute Gasteiger partial charge is 0.167 e. The first-order valence-electron chi connectivity index (χ1n) is 6.65. The molecule has 8 nitrogen and oxygen atoms in total. The molecule has 1 saturated heterocycles. The zero-order valence-electron chi connectivity index (χ0n) is 11.7. The molecule has 0 amide bonds. The number of ether oxygens (including phenoxy) is 1. The molecule has 21 heavy (non-hydrogen) atoms. The van der Waals surface area contributed by atoms with Gasteiger partial charge in [0.05, 0.1) is 11.5 Å². The van der Waals surface area contributed by atoms with Gasteiger partial charge < -0.3 is 30.4 Å². The zero-order valence-corrected chi connectivity index (χ0v) is 11.7. The maximum atomic E-state index is 10.6. The SMILES string of the molecule is CC(O)C1OC(n2ccc3c(N)ncnc32)C(C)(O)C1O. The fourth-order valence-electron chi connectivity index (χ4n) is 2.74. The number of fused-ring (bicyclic) bond motifs is 1. The third kappa shape index (κ3) is 1.99. The topological polar surface area (TPSA) is 127 Å². The molecule has 5 N–H and O–H groups in total. The molecule has 3 heterocycles. The van der Waals surface area contributed by atoms with Crippen molar-refractivity contribution < 1.29 is 20.1 Å². The predicted molar refractivity (Wildman–Crippen MR) is 74.2 cm³/mol. The highest BCUT2D eigenvalue weighted by Gasteiger charge is 2.54. The van der Waals surface area contributed by atoms with Crippen molar-refractivity contribution in [1.82, 2.24) is 14.5 Å². The monoisotopic (exact) mass is 294 g/mol. The Morgan fingerprint density at radius 3 is 2.81 bits per heavy atom. The number of nitrogens with two attached hydrogens (primary N) is 1. The first-order chi connectivity index (χ1) is 9.84. The minimum absolute atomic E-state index is 0.323. The van der Waals surface area contributed by atoms with Crippen molar-refractivity contribution in [3.8, 4) is 0 Å². The molecule has 0 spiro atoms. The largest absolute Gasteiger partial charge is 0.391 e. The Morgan fingerprint density at radius 2 is 2.19 bits per heavy atom. The molecular formula is C13H18N4O4. The average Bonchev–Trinajstić information content (AvgIpc) is 2.92. The molecule has 1 fully saturated rings. The van der Waals surface area contributed by atoms with Gasteiger partial charge in [-0.05, 0) is 19.9 Å². The Kier molecular flexibility index (Phi) is 3.14. The summed E-state index contributed by atoms with van der Waals surface area (Å²) in [5, 5.41) is 31.0. The molecule has 114 valence electrons. The molecule has 1 aliphatic rings. The fraction of sp³-hybridized carbons (Fsp3) is 0.538. The van der Waals surface area contributed by atoms with Gasteiger partial charge in [-0.15, -0.1) is 0 Å². The van der Waals surface area contributed by atoms with Crippen LogP contribution in [0, 0.1) is 0 Å². The van der Waals surface area contributed by atoms with Gasteiger partial charge >= 0.3 is 0 Å². The van der Waals surface area contributed by atoms with E-state index in [1.54, 1.807) is 16.8 Å². The van der Waals surface area contributed by atoms with Crippen molar-refractivity contribution in [2.45, 2.75) is 44.0 Å². The van der Waals surface area contributed by atoms with Crippen molar-refractivity contribution in [2.24, 2.45) is 0 Å². The lowest BCUT2D eigenvalue weighted by Crippen LogP contribution is -2.45. The third-order valence-corrected chi connectivity index (χ3v) is 3.96. The number of anilines is 1. The number of hydrogen-bond acceptors (Lipinski definition) is 7. The van der Waals surface area contributed by atoms with Crippen molar-refractivity contribution in [3.63, 3.8) is 0 Å². The second-order valence-corrected chi connectivity index (χ2v) is 5.58. The van der Waals surface area contributed by atoms with Gasteiger partial charge in [0.2, 0.25) is 0 Å². The van der Waals surface area contributed by atoms with E-state index in [1.165, 1.54) is 20.2 Å². The van der Waals surface area contributed by atoms with E-state index in [0.29, 0.717) is 16.9 Å². The first-order valence-corrected chi connectivity index (χ1v) is 6.65. The third-order valence-electron chi connectivity index (χ3n) is 3.96. The van der Waals surface area contributed by atoms with Crippen LogP contribution in [0.2, 0.25) is 0 Å². The number of nitrogen functional groups attached to an aromatic ring is 1. The van der Waals surface area contributed by atoms with E-state index in [1.807, 2.05) is 0 Å². The van der Waals surface area contributed by atoms with Gasteiger partial charge in [0.1, 0.15) is 35.6 Å². The van der Waals surface area contributed by atoms with Gasteiger partial charge in [-0.1, -0.05) is 0 Å². The summed E-state index contributed by atoms with van der Waals surface area (Å²) in [5.41, 5.74) is 4.70. The highest BCUT2D eigenvalue weighted by molar-refractivity contribution is 5.86. The van der Waals surface area contributed by atoms with Crippen LogP contribution < -0.4 is 5.73 Å². The van der Waals surface area contributed by atoms with Crippen LogP contribution >= 0.6 is 0 Å². The van der Waals surface area contributed by atoms with Crippen LogP contribution in [0.4, 0.5) is 5.82 Å². The molecule has 1 aliphatic heterocycles. The minimum atomic E-state index is -1.58. The fourth-order valence-corrected chi connectivity index (χ4v) is 2.74. The second kappa shape index (κ2) is 4.63. The zero-order chi connectivity index (χ0) is 15.4. The molecule has 5 atom stereocenters. The summed E-state index contributed by atoms with van der Waals surface area (Å²) in [4.78, 5) is 8.05. The first kappa shape index (κ1) is 14.2. The van der Waals surface area contributed by atoms with Crippen LogP contribution in [-0.2, 0) is 4.74 Å². The van der Waals surface area contributed by atoms with Gasteiger partial charge in [0, 0.05) is 6.20 Å². The Balaban J connectivity index is 2.08. The number of hydrogen-bond donors (Lipinski definition) is 4. The average molecular weight is 294 g/mol. The molecule has 3 rings (SSSR count). The van der Waals surface area contributed by atoms with Crippen molar-refractivity contribution >= 4 is 16.9 Å². The van der Waals surface area contributed by atoms with Crippen LogP contribution in [0.5, 0.6) is 0 Å². The number of aliphatic hydroxyl groups is 3. The molecule has 0 saturated carbocycles. The highest BCUT2D eigenvalue weighted by atomic mass is 16.6. The number of aromatic nitrogens is 3. The molecule has 2 aromatic rings. The van der Waals surface area contributed by atoms with E-state index in [0.717, 1.165) is 0 Å². The predicted octanol–water partition coefficient (Wildman–Crippen LogP) is -0.596. The molecule has 0 aromatic carbocycles. The van der Waals surface area contributed by atoms with E-state index in [-0.39, 0.29) is 0 Å². The Hall–Kier alpha value is -1.74. The van der Waals surface area contributed by atoms with Gasteiger partial charge in [0.25, 0.3) is 0 Å². The summed E-state index contributed by atoms with van der Waals surface area (Å²) >= 11 is 0. The van der Waals surface area contributed by atoms with Crippen LogP contribution in [0.15, 0.2) is 18.6 Å². The molecule has 0 aliphatic carbocycles. The van der Waals surface area contributed by atoms with E-state index in [9.17, 15) is 15.3 Å². The summed E-state index contributed by atoms with van der Waals surface area (Å²) in [6.07, 6.45) is -0.940. The van der Waals surface area contributed by atoms with Gasteiger partial charge in [-0.25, -0.2) is 9.97 Å². The van der Waals surface area contributed by atoms with Gasteiger partial charge in [0.15, 0.2) is 6.23 Å². The lowest BCUT2D eigenvalue weighted by molar-refractivity contribution is -0.0985. The summed E-state index contributed by atoms with van der Waals surface area (Å²) < 4.78 is 7.24. The van der Waals surface area contributed by atoms with Crippen LogP contribution in [0.1, 0.15) is 20.1 Å². The van der Waals surface area contributed by atoms with Crippen LogP contribution in [-0.4, -0.2) is 53.8 Å². The van der Waals surface area contributed by atoms with E-state index in [2.05, 4.69) is 9.97 Å². The quantitative estimate of drug-likeness (QED) is 0.582. The summed E-state index contributed by atoms with van der Waals surface area (Å²) in [7, 11) is 0. The van der Waals surface area contributed by atoms with E-state index < -0.39 is 30.1 Å². The lowest BCUT2D eigenvalue weighted by Gasteiger charge is -2.27. The van der Waals surface area contributed by atoms with Gasteiger partial charge in [-0.2, -0.15) is 0 Å². The maximum Gasteiger partial charge on any atom is 0.167 e. The maximum absolute atomic E-state index is 10.6. The van der Waals surface area contributed by atoms with Crippen molar-refractivity contribution in [1.29, 1.82) is 0 Å². The summed E-state index contributed by atoms with van der Waals surface area (Å²) in [6, 6.07) is 1.71. The van der Waals surface area contributed by atoms with E-state index >= 15 is 0 Å². The summed E-state index contributed by atoms with van der Waals surface area (Å²) in [5.74, 6) is 0.323. The molecule has 0 bridgehead atoms. The van der Waals surface area contributed by atoms with Crippen molar-refractivity contribution in [3.05, 3.63) is 18.6 Å². The van der Waals surface area contributed by atoms with Crippen molar-refractivity contribution in [2.75, 3.05) is 5.73 Å². The summed E-state index contributed by atoms with van der Waals surface area (Å²) in [6.45, 7) is 2.96. The van der Waals surface area contributed by atoms with E-state index in [4.69, 9.17) is 10.5 Å². The lowest BCUT2D eigenvalue weighted by atomic mass is 9.94. The molecule has 0 radical (unpaired) electrons. The minimum Gasteiger partial charge on any atom is -0.391 e. The van der Waals surface area contributed by atoms with Crippen LogP contribution in [0.25, 0.3) is 11.0 Å². The molecular weight excluding hydrogens is 276 g/mol. The molecule has 5 unspecified atom stereocenters. The molecule has 2 aromatic heterocycles. The standard InChI is InChI=1S/C13H18N4O4/c1-6(18)8-9(19)13(2,20)12(21-8)17-4-3-7-10(14)15-5-16-11(7)17/h3-6,8-9,12,18-20H,1-2H3,(H2,14,15,16). The number of aliphatic hydroxyl groups excluding tert-OH is 2. The van der Waals surface area contributed by atoms with Gasteiger partial charge in [-0.3, -0.25) is 0 Å². The Labute approximate surface area is 120 Å². The molecule has 8 heteroatoms. The second-order valence-electron chi connectivity index (χ2n) is 5.58. The Bertz CT molecular complexity index is 669. The number of rotatable bonds is 2. The Morgan fingerprint density at radius 1 is 1.48 bits per heavy atom. The highest BCUT2D eigenvalue weighted by Crippen LogP contribution is 2.40. The number of nitrogens with zero attached hydrogens (tertiary/aromatic N) is 3.